The second-order valence-corrected chi connectivity index (χ2v) is 5.04. The van der Waals surface area contributed by atoms with Crippen molar-refractivity contribution in [3.05, 3.63) is 22.7 Å². The molecule has 1 aliphatic heterocycles. The van der Waals surface area contributed by atoms with E-state index in [4.69, 9.17) is 11.6 Å². The fraction of sp³-hybridized carbons (Fsp3) is 0.125. The Morgan fingerprint density at radius 1 is 1.43 bits per heavy atom. The van der Waals surface area contributed by atoms with E-state index < -0.39 is 10.0 Å². The van der Waals surface area contributed by atoms with Gasteiger partial charge >= 0.3 is 0 Å². The summed E-state index contributed by atoms with van der Waals surface area (Å²) >= 11 is 5.85. The van der Waals surface area contributed by atoms with Crippen molar-refractivity contribution < 1.29 is 8.42 Å². The second-order valence-electron chi connectivity index (χ2n) is 2.95. The molecule has 6 heteroatoms. The van der Waals surface area contributed by atoms with Crippen LogP contribution >= 0.6 is 11.6 Å². The summed E-state index contributed by atoms with van der Waals surface area (Å²) < 4.78 is 25.2. The second kappa shape index (κ2) is 2.96. The maximum absolute atomic E-state index is 11.5. The van der Waals surface area contributed by atoms with E-state index in [1.165, 1.54) is 6.07 Å². The van der Waals surface area contributed by atoms with Gasteiger partial charge < -0.3 is 0 Å². The highest BCUT2D eigenvalue weighted by atomic mass is 35.5. The van der Waals surface area contributed by atoms with Gasteiger partial charge in [0.05, 0.1) is 5.69 Å². The minimum absolute atomic E-state index is 0.168. The molecule has 0 atom stereocenters. The first-order chi connectivity index (χ1) is 6.50. The molecule has 0 spiro atoms. The lowest BCUT2D eigenvalue weighted by atomic mass is 10.2. The van der Waals surface area contributed by atoms with E-state index in [1.807, 2.05) is 0 Å². The van der Waals surface area contributed by atoms with Crippen molar-refractivity contribution >= 4 is 33.7 Å². The van der Waals surface area contributed by atoms with Gasteiger partial charge in [0.15, 0.2) is 0 Å². The standard InChI is InChI=1S/C8H7ClN2O2S/c1-5-2-8-7(3-6(5)9)10-4-11-14(8,12)13/h2-4H,1H3,(H,10,11). The molecule has 2 rings (SSSR count). The topological polar surface area (TPSA) is 58.5 Å². The molecule has 0 saturated carbocycles. The maximum atomic E-state index is 11.5. The van der Waals surface area contributed by atoms with Gasteiger partial charge in [-0.1, -0.05) is 11.6 Å². The molecule has 0 radical (unpaired) electrons. The predicted molar refractivity (Wildman–Crippen MR) is 54.7 cm³/mol. The van der Waals surface area contributed by atoms with Crippen LogP contribution in [-0.4, -0.2) is 14.8 Å². The molecule has 0 unspecified atom stereocenters. The Morgan fingerprint density at radius 3 is 2.86 bits per heavy atom. The molecule has 1 aromatic rings. The molecule has 0 fully saturated rings. The quantitative estimate of drug-likeness (QED) is 0.736. The summed E-state index contributed by atoms with van der Waals surface area (Å²) in [7, 11) is -3.44. The largest absolute Gasteiger partial charge is 0.270 e. The van der Waals surface area contributed by atoms with E-state index in [0.717, 1.165) is 6.34 Å². The van der Waals surface area contributed by atoms with E-state index in [1.54, 1.807) is 13.0 Å². The van der Waals surface area contributed by atoms with Crippen LogP contribution in [0.25, 0.3) is 0 Å². The normalized spacial score (nSPS) is 17.3. The van der Waals surface area contributed by atoms with Gasteiger partial charge in [0, 0.05) is 5.02 Å². The van der Waals surface area contributed by atoms with Gasteiger partial charge in [0.1, 0.15) is 11.2 Å². The van der Waals surface area contributed by atoms with E-state index in [2.05, 4.69) is 9.71 Å². The molecular weight excluding hydrogens is 224 g/mol. The van der Waals surface area contributed by atoms with Crippen LogP contribution in [0.3, 0.4) is 0 Å². The molecule has 0 aromatic heterocycles. The average Bonchev–Trinajstić information content (AvgIpc) is 2.08. The first-order valence-corrected chi connectivity index (χ1v) is 5.72. The van der Waals surface area contributed by atoms with Gasteiger partial charge in [-0.25, -0.2) is 13.4 Å². The number of aliphatic imine (C=N–C) groups is 1. The zero-order chi connectivity index (χ0) is 10.3. The molecule has 1 heterocycles. The molecule has 4 nitrogen and oxygen atoms in total. The highest BCUT2D eigenvalue weighted by molar-refractivity contribution is 7.90. The van der Waals surface area contributed by atoms with Crippen LogP contribution in [0.2, 0.25) is 5.02 Å². The summed E-state index contributed by atoms with van der Waals surface area (Å²) in [6.45, 7) is 1.75. The summed E-state index contributed by atoms with van der Waals surface area (Å²) in [6, 6.07) is 3.05. The summed E-state index contributed by atoms with van der Waals surface area (Å²) in [5.41, 5.74) is 1.09. The lowest BCUT2D eigenvalue weighted by Gasteiger charge is -2.12. The molecule has 0 aliphatic carbocycles. The SMILES string of the molecule is Cc1cc2c(cc1Cl)N=CNS2(=O)=O. The van der Waals surface area contributed by atoms with Crippen LogP contribution in [0, 0.1) is 6.92 Å². The van der Waals surface area contributed by atoms with Gasteiger partial charge in [-0.2, -0.15) is 0 Å². The zero-order valence-electron chi connectivity index (χ0n) is 7.28. The smallest absolute Gasteiger partial charge is 0.264 e. The van der Waals surface area contributed by atoms with Gasteiger partial charge in [-0.3, -0.25) is 4.72 Å². The number of benzene rings is 1. The molecular formula is C8H7ClN2O2S. The Bertz CT molecular complexity index is 522. The number of nitrogens with one attached hydrogen (secondary N) is 1. The van der Waals surface area contributed by atoms with Crippen molar-refractivity contribution in [1.29, 1.82) is 0 Å². The van der Waals surface area contributed by atoms with E-state index in [9.17, 15) is 8.42 Å². The van der Waals surface area contributed by atoms with E-state index in [-0.39, 0.29) is 4.90 Å². The number of aryl methyl sites for hydroxylation is 1. The Labute approximate surface area is 86.7 Å². The third kappa shape index (κ3) is 1.38. The lowest BCUT2D eigenvalue weighted by Crippen LogP contribution is -2.24. The minimum atomic E-state index is -3.44. The summed E-state index contributed by atoms with van der Waals surface area (Å²) in [4.78, 5) is 4.06. The van der Waals surface area contributed by atoms with Crippen molar-refractivity contribution in [2.24, 2.45) is 4.99 Å². The molecule has 1 aliphatic rings. The fourth-order valence-electron chi connectivity index (χ4n) is 1.19. The maximum Gasteiger partial charge on any atom is 0.264 e. The Kier molecular flexibility index (Phi) is 2.01. The Morgan fingerprint density at radius 2 is 2.14 bits per heavy atom. The number of rotatable bonds is 0. The lowest BCUT2D eigenvalue weighted by molar-refractivity contribution is 0.592. The molecule has 14 heavy (non-hydrogen) atoms. The van der Waals surface area contributed by atoms with Crippen LogP contribution in [0.1, 0.15) is 5.56 Å². The first kappa shape index (κ1) is 9.48. The molecule has 0 bridgehead atoms. The van der Waals surface area contributed by atoms with Crippen LogP contribution in [0.15, 0.2) is 22.0 Å². The Balaban J connectivity index is 2.79. The number of sulfonamides is 1. The summed E-state index contributed by atoms with van der Waals surface area (Å²) in [6.07, 6.45) is 1.14. The number of halogens is 1. The minimum Gasteiger partial charge on any atom is -0.270 e. The highest BCUT2D eigenvalue weighted by Gasteiger charge is 2.21. The van der Waals surface area contributed by atoms with Crippen LogP contribution in [0.5, 0.6) is 0 Å². The van der Waals surface area contributed by atoms with Crippen molar-refractivity contribution in [3.63, 3.8) is 0 Å². The fourth-order valence-corrected chi connectivity index (χ4v) is 2.38. The monoisotopic (exact) mass is 230 g/mol. The third-order valence-corrected chi connectivity index (χ3v) is 3.67. The Hall–Kier alpha value is -1.07. The third-order valence-electron chi connectivity index (χ3n) is 1.94. The number of nitrogens with zero attached hydrogens (tertiary/aromatic N) is 1. The summed E-state index contributed by atoms with van der Waals surface area (Å²) in [5, 5.41) is 0.512. The first-order valence-electron chi connectivity index (χ1n) is 3.86. The molecule has 74 valence electrons. The summed E-state index contributed by atoms with van der Waals surface area (Å²) in [5.74, 6) is 0. The van der Waals surface area contributed by atoms with Crippen LogP contribution in [0.4, 0.5) is 5.69 Å². The van der Waals surface area contributed by atoms with E-state index >= 15 is 0 Å². The molecule has 1 aromatic carbocycles. The zero-order valence-corrected chi connectivity index (χ0v) is 8.85. The molecule has 0 saturated heterocycles. The van der Waals surface area contributed by atoms with Gasteiger partial charge in [-0.15, -0.1) is 0 Å². The number of fused-ring (bicyclic) bond motifs is 1. The molecule has 1 N–H and O–H groups in total. The highest BCUT2D eigenvalue weighted by Crippen LogP contribution is 2.31. The van der Waals surface area contributed by atoms with Crippen LogP contribution < -0.4 is 4.72 Å². The van der Waals surface area contributed by atoms with Crippen molar-refractivity contribution in [2.75, 3.05) is 0 Å². The predicted octanol–water partition coefficient (Wildman–Crippen LogP) is 1.60. The van der Waals surface area contributed by atoms with Crippen molar-refractivity contribution in [1.82, 2.24) is 4.72 Å². The van der Waals surface area contributed by atoms with E-state index in [0.29, 0.717) is 16.3 Å². The average molecular weight is 231 g/mol. The van der Waals surface area contributed by atoms with Gasteiger partial charge in [0.2, 0.25) is 0 Å². The number of hydrogen-bond acceptors (Lipinski definition) is 3. The number of hydrogen-bond donors (Lipinski definition) is 1. The molecule has 0 amide bonds. The van der Waals surface area contributed by atoms with Crippen molar-refractivity contribution in [2.45, 2.75) is 11.8 Å². The van der Waals surface area contributed by atoms with Crippen LogP contribution in [-0.2, 0) is 10.0 Å². The van der Waals surface area contributed by atoms with Gasteiger partial charge in [-0.05, 0) is 24.6 Å². The van der Waals surface area contributed by atoms with Gasteiger partial charge in [0.25, 0.3) is 10.0 Å². The van der Waals surface area contributed by atoms with Crippen molar-refractivity contribution in [3.8, 4) is 0 Å².